The number of amides is 3. The van der Waals surface area contributed by atoms with Gasteiger partial charge in [0.25, 0.3) is 0 Å². The first-order valence-corrected chi connectivity index (χ1v) is 7.23. The highest BCUT2D eigenvalue weighted by atomic mass is 32.1. The number of rotatable bonds is 8. The van der Waals surface area contributed by atoms with Crippen molar-refractivity contribution in [3.63, 3.8) is 0 Å². The second-order valence-electron chi connectivity index (χ2n) is 4.43. The molecule has 21 heavy (non-hydrogen) atoms. The van der Waals surface area contributed by atoms with E-state index in [-0.39, 0.29) is 19.4 Å². The van der Waals surface area contributed by atoms with Crippen molar-refractivity contribution < 1.29 is 19.5 Å². The summed E-state index contributed by atoms with van der Waals surface area (Å²) in [6.45, 7) is 2.10. The average Bonchev–Trinajstić information content (AvgIpc) is 2.77. The summed E-state index contributed by atoms with van der Waals surface area (Å²) in [5.74, 6) is -1.51. The van der Waals surface area contributed by atoms with Crippen LogP contribution < -0.4 is 16.4 Å². The van der Waals surface area contributed by atoms with Gasteiger partial charge in [-0.15, -0.1) is 11.3 Å². The zero-order valence-corrected chi connectivity index (χ0v) is 12.4. The molecule has 0 saturated heterocycles. The van der Waals surface area contributed by atoms with Gasteiger partial charge in [-0.1, -0.05) is 0 Å². The number of hydrogen-bond acceptors (Lipinski definition) is 5. The molecule has 8 nitrogen and oxygen atoms in total. The van der Waals surface area contributed by atoms with Gasteiger partial charge in [-0.05, 0) is 19.8 Å². The zero-order chi connectivity index (χ0) is 15.8. The first-order valence-electron chi connectivity index (χ1n) is 6.35. The van der Waals surface area contributed by atoms with E-state index in [1.165, 1.54) is 11.3 Å². The Bertz CT molecular complexity index is 517. The van der Waals surface area contributed by atoms with Gasteiger partial charge in [0.2, 0.25) is 5.91 Å². The maximum atomic E-state index is 11.8. The number of carboxylic acids is 1. The predicted molar refractivity (Wildman–Crippen MR) is 76.9 cm³/mol. The molecule has 0 radical (unpaired) electrons. The van der Waals surface area contributed by atoms with Crippen LogP contribution in [0.4, 0.5) is 4.79 Å². The molecule has 1 heterocycles. The van der Waals surface area contributed by atoms with Crippen LogP contribution in [0.5, 0.6) is 0 Å². The minimum atomic E-state index is -1.11. The summed E-state index contributed by atoms with van der Waals surface area (Å²) in [5, 5.41) is 16.5. The van der Waals surface area contributed by atoms with Gasteiger partial charge >= 0.3 is 12.0 Å². The number of thiazole rings is 1. The maximum absolute atomic E-state index is 11.8. The minimum absolute atomic E-state index is 0.0493. The summed E-state index contributed by atoms with van der Waals surface area (Å²) in [6.07, 6.45) is 0.654. The number of nitrogens with one attached hydrogen (secondary N) is 2. The monoisotopic (exact) mass is 314 g/mol. The van der Waals surface area contributed by atoms with Gasteiger partial charge in [0.15, 0.2) is 0 Å². The second kappa shape index (κ2) is 8.20. The number of hydrogen-bond donors (Lipinski definition) is 4. The third kappa shape index (κ3) is 6.70. The maximum Gasteiger partial charge on any atom is 0.326 e. The van der Waals surface area contributed by atoms with E-state index in [1.54, 1.807) is 5.38 Å². The Morgan fingerprint density at radius 1 is 1.48 bits per heavy atom. The lowest BCUT2D eigenvalue weighted by molar-refractivity contribution is -0.141. The number of nitrogens with two attached hydrogens (primary N) is 1. The lowest BCUT2D eigenvalue weighted by Crippen LogP contribution is -2.42. The van der Waals surface area contributed by atoms with Gasteiger partial charge in [-0.25, -0.2) is 14.6 Å². The Labute approximate surface area is 125 Å². The van der Waals surface area contributed by atoms with Gasteiger partial charge in [0.05, 0.1) is 17.1 Å². The van der Waals surface area contributed by atoms with Crippen LogP contribution in [0.3, 0.4) is 0 Å². The molecule has 1 aromatic heterocycles. The number of aryl methyl sites for hydroxylation is 1. The lowest BCUT2D eigenvalue weighted by Gasteiger charge is -2.14. The molecule has 1 aromatic rings. The molecule has 1 rings (SSSR count). The van der Waals surface area contributed by atoms with E-state index in [0.29, 0.717) is 12.1 Å². The second-order valence-corrected chi connectivity index (χ2v) is 5.49. The van der Waals surface area contributed by atoms with E-state index >= 15 is 0 Å². The molecule has 116 valence electrons. The molecule has 0 bridgehead atoms. The number of nitrogens with zero attached hydrogens (tertiary/aromatic N) is 1. The third-order valence-corrected chi connectivity index (χ3v) is 3.43. The van der Waals surface area contributed by atoms with Crippen molar-refractivity contribution >= 4 is 29.2 Å². The number of carboxylic acid groups (broad SMARTS) is 1. The van der Waals surface area contributed by atoms with Gasteiger partial charge in [0, 0.05) is 11.9 Å². The highest BCUT2D eigenvalue weighted by Gasteiger charge is 2.20. The Morgan fingerprint density at radius 3 is 2.71 bits per heavy atom. The van der Waals surface area contributed by atoms with Crippen LogP contribution in [-0.4, -0.2) is 40.6 Å². The van der Waals surface area contributed by atoms with Crippen LogP contribution >= 0.6 is 11.3 Å². The van der Waals surface area contributed by atoms with Crippen LogP contribution in [0.2, 0.25) is 0 Å². The van der Waals surface area contributed by atoms with E-state index in [4.69, 9.17) is 10.8 Å². The van der Waals surface area contributed by atoms with E-state index in [1.807, 2.05) is 6.92 Å². The van der Waals surface area contributed by atoms with Crippen molar-refractivity contribution in [1.82, 2.24) is 15.6 Å². The van der Waals surface area contributed by atoms with E-state index < -0.39 is 23.9 Å². The Kier molecular flexibility index (Phi) is 6.60. The van der Waals surface area contributed by atoms with Gasteiger partial charge in [-0.3, -0.25) is 4.79 Å². The SMILES string of the molecule is Cc1nc(CC(=O)NC(CCCNC(N)=O)C(=O)O)cs1. The van der Waals surface area contributed by atoms with Crippen molar-refractivity contribution in [2.24, 2.45) is 5.73 Å². The van der Waals surface area contributed by atoms with Gasteiger partial charge in [-0.2, -0.15) is 0 Å². The first kappa shape index (κ1) is 16.9. The van der Waals surface area contributed by atoms with Crippen molar-refractivity contribution in [2.75, 3.05) is 6.54 Å². The predicted octanol–water partition coefficient (Wildman–Crippen LogP) is 0.0119. The lowest BCUT2D eigenvalue weighted by atomic mass is 10.1. The number of primary amides is 1. The van der Waals surface area contributed by atoms with E-state index in [0.717, 1.165) is 5.01 Å². The summed E-state index contributed by atoms with van der Waals surface area (Å²) >= 11 is 1.43. The van der Waals surface area contributed by atoms with E-state index in [2.05, 4.69) is 15.6 Å². The standard InChI is InChI=1S/C12H18N4O4S/c1-7-15-8(6-21-7)5-10(17)16-9(11(18)19)3-2-4-14-12(13)20/h6,9H,2-5H2,1H3,(H,16,17)(H,18,19)(H3,13,14,20). The fraction of sp³-hybridized carbons (Fsp3) is 0.500. The number of urea groups is 1. The molecule has 0 aromatic carbocycles. The fourth-order valence-electron chi connectivity index (χ4n) is 1.67. The molecule has 0 aliphatic carbocycles. The van der Waals surface area contributed by atoms with Crippen LogP contribution in [0.1, 0.15) is 23.5 Å². The molecule has 1 atom stereocenters. The summed E-state index contributed by atoms with van der Waals surface area (Å²) in [6, 6.07) is -1.66. The van der Waals surface area contributed by atoms with Crippen molar-refractivity contribution in [3.05, 3.63) is 16.1 Å². The molecular formula is C12H18N4O4S. The summed E-state index contributed by atoms with van der Waals surface area (Å²) in [4.78, 5) is 37.5. The summed E-state index contributed by atoms with van der Waals surface area (Å²) in [7, 11) is 0. The molecule has 0 aliphatic heterocycles. The minimum Gasteiger partial charge on any atom is -0.480 e. The molecule has 0 spiro atoms. The largest absolute Gasteiger partial charge is 0.480 e. The Hall–Kier alpha value is -2.16. The quantitative estimate of drug-likeness (QED) is 0.501. The Morgan fingerprint density at radius 2 is 2.19 bits per heavy atom. The molecule has 5 N–H and O–H groups in total. The van der Waals surface area contributed by atoms with Crippen molar-refractivity contribution in [3.8, 4) is 0 Å². The van der Waals surface area contributed by atoms with Crippen LogP contribution in [0.25, 0.3) is 0 Å². The Balaban J connectivity index is 2.40. The number of carbonyl (C=O) groups is 3. The highest BCUT2D eigenvalue weighted by molar-refractivity contribution is 7.09. The molecule has 9 heteroatoms. The van der Waals surface area contributed by atoms with Crippen molar-refractivity contribution in [1.29, 1.82) is 0 Å². The van der Waals surface area contributed by atoms with Crippen LogP contribution in [0, 0.1) is 6.92 Å². The van der Waals surface area contributed by atoms with Gasteiger partial charge < -0.3 is 21.5 Å². The number of aromatic nitrogens is 1. The smallest absolute Gasteiger partial charge is 0.326 e. The van der Waals surface area contributed by atoms with Gasteiger partial charge in [0.1, 0.15) is 6.04 Å². The molecule has 0 saturated carbocycles. The fourth-order valence-corrected chi connectivity index (χ4v) is 2.29. The molecule has 1 unspecified atom stereocenters. The normalized spacial score (nSPS) is 11.7. The van der Waals surface area contributed by atoms with Crippen LogP contribution in [-0.2, 0) is 16.0 Å². The molecule has 3 amide bonds. The van der Waals surface area contributed by atoms with Crippen molar-refractivity contribution in [2.45, 2.75) is 32.2 Å². The molecular weight excluding hydrogens is 296 g/mol. The first-order chi connectivity index (χ1) is 9.88. The molecule has 0 aliphatic rings. The topological polar surface area (TPSA) is 134 Å². The zero-order valence-electron chi connectivity index (χ0n) is 11.6. The number of carbonyl (C=O) groups excluding carboxylic acids is 2. The summed E-state index contributed by atoms with van der Waals surface area (Å²) < 4.78 is 0. The van der Waals surface area contributed by atoms with E-state index in [9.17, 15) is 14.4 Å². The third-order valence-electron chi connectivity index (χ3n) is 2.61. The average molecular weight is 314 g/mol. The highest BCUT2D eigenvalue weighted by Crippen LogP contribution is 2.08. The molecule has 0 fully saturated rings. The summed E-state index contributed by atoms with van der Waals surface area (Å²) in [5.41, 5.74) is 5.52. The number of aliphatic carboxylic acids is 1. The van der Waals surface area contributed by atoms with Crippen LogP contribution in [0.15, 0.2) is 5.38 Å².